The number of aromatic amines is 1. The van der Waals surface area contributed by atoms with Crippen molar-refractivity contribution in [3.05, 3.63) is 99.7 Å². The molecule has 0 amide bonds. The van der Waals surface area contributed by atoms with Crippen molar-refractivity contribution in [1.29, 1.82) is 0 Å². The minimum absolute atomic E-state index is 0.442. The number of allylic oxidation sites excluding steroid dienone is 4. The molecule has 6 nitrogen and oxygen atoms in total. The predicted octanol–water partition coefficient (Wildman–Crippen LogP) is 10.9. The van der Waals surface area contributed by atoms with Crippen LogP contribution in [0.15, 0.2) is 76.0 Å². The van der Waals surface area contributed by atoms with Crippen LogP contribution >= 0.6 is 0 Å². The van der Waals surface area contributed by atoms with E-state index in [-0.39, 0.29) is 0 Å². The first kappa shape index (κ1) is 35.5. The van der Waals surface area contributed by atoms with E-state index in [2.05, 4.69) is 145 Å². The van der Waals surface area contributed by atoms with Gasteiger partial charge in [0.1, 0.15) is 0 Å². The molecule has 3 N–H and O–H groups in total. The Labute approximate surface area is 272 Å². The lowest BCUT2D eigenvalue weighted by atomic mass is 9.92. The highest BCUT2D eigenvalue weighted by atomic mass is 15.1. The molecule has 0 bridgehead atoms. The van der Waals surface area contributed by atoms with Crippen molar-refractivity contribution in [2.45, 2.75) is 120 Å². The summed E-state index contributed by atoms with van der Waals surface area (Å²) in [6, 6.07) is 15.3. The first-order valence-electron chi connectivity index (χ1n) is 16.5. The van der Waals surface area contributed by atoms with Gasteiger partial charge in [0.2, 0.25) is 0 Å². The second-order valence-corrected chi connectivity index (χ2v) is 13.4. The van der Waals surface area contributed by atoms with E-state index in [1.807, 2.05) is 13.8 Å². The van der Waals surface area contributed by atoms with Gasteiger partial charge in [0.05, 0.1) is 24.5 Å². The van der Waals surface area contributed by atoms with E-state index in [0.29, 0.717) is 36.8 Å². The maximum Gasteiger partial charge on any atom is 0.0840 e. The first-order valence-corrected chi connectivity index (χ1v) is 16.5. The van der Waals surface area contributed by atoms with Gasteiger partial charge in [0.25, 0.3) is 0 Å². The topological polar surface area (TPSA) is 77.5 Å². The van der Waals surface area contributed by atoms with Gasteiger partial charge in [-0.1, -0.05) is 91.8 Å². The van der Waals surface area contributed by atoms with E-state index in [9.17, 15) is 0 Å². The van der Waals surface area contributed by atoms with Crippen LogP contribution in [0.1, 0.15) is 140 Å². The maximum absolute atomic E-state index is 4.79. The zero-order valence-electron chi connectivity index (χ0n) is 29.8. The number of nitrogens with zero attached hydrogens (tertiary/aromatic N) is 3. The van der Waals surface area contributed by atoms with Crippen LogP contribution in [0, 0.1) is 0 Å². The predicted molar refractivity (Wildman–Crippen MR) is 196 cm³/mol. The highest BCUT2D eigenvalue weighted by molar-refractivity contribution is 5.94. The second-order valence-electron chi connectivity index (χ2n) is 13.4. The largest absolute Gasteiger partial charge is 0.359 e. The van der Waals surface area contributed by atoms with Gasteiger partial charge in [-0.15, -0.1) is 0 Å². The summed E-state index contributed by atoms with van der Waals surface area (Å²) in [5, 5.41) is 15.0. The highest BCUT2D eigenvalue weighted by Gasteiger charge is 2.15. The van der Waals surface area contributed by atoms with Gasteiger partial charge in [-0.2, -0.15) is 5.10 Å². The van der Waals surface area contributed by atoms with Crippen LogP contribution in [0.5, 0.6) is 0 Å². The third-order valence-corrected chi connectivity index (χ3v) is 7.91. The van der Waals surface area contributed by atoms with E-state index in [1.54, 1.807) is 0 Å². The molecule has 0 unspecified atom stereocenters. The fourth-order valence-electron chi connectivity index (χ4n) is 5.56. The van der Waals surface area contributed by atoms with Crippen molar-refractivity contribution >= 4 is 22.8 Å². The van der Waals surface area contributed by atoms with Crippen molar-refractivity contribution in [3.8, 4) is 0 Å². The summed E-state index contributed by atoms with van der Waals surface area (Å²) in [4.78, 5) is 9.57. The maximum atomic E-state index is 4.79. The first-order chi connectivity index (χ1) is 21.3. The van der Waals surface area contributed by atoms with Gasteiger partial charge in [-0.05, 0) is 91.8 Å². The van der Waals surface area contributed by atoms with Crippen molar-refractivity contribution in [1.82, 2.24) is 10.2 Å². The van der Waals surface area contributed by atoms with E-state index in [4.69, 9.17) is 9.98 Å². The number of para-hydroxylation sites is 2. The third-order valence-electron chi connectivity index (χ3n) is 7.91. The van der Waals surface area contributed by atoms with Gasteiger partial charge in [-0.25, -0.2) is 0 Å². The van der Waals surface area contributed by atoms with Crippen molar-refractivity contribution < 1.29 is 0 Å². The van der Waals surface area contributed by atoms with E-state index < -0.39 is 0 Å². The van der Waals surface area contributed by atoms with E-state index in [1.165, 1.54) is 33.6 Å². The lowest BCUT2D eigenvalue weighted by Gasteiger charge is -2.21. The Kier molecular flexibility index (Phi) is 13.0. The molecule has 0 saturated carbocycles. The number of rotatable bonds is 14. The Bertz CT molecular complexity index is 1380. The van der Waals surface area contributed by atoms with Crippen molar-refractivity contribution in [2.75, 3.05) is 10.6 Å². The summed E-state index contributed by atoms with van der Waals surface area (Å²) in [6.07, 6.45) is 4.22. The number of aliphatic imine (C=N–C) groups is 2. The second kappa shape index (κ2) is 16.4. The molecule has 3 aromatic rings. The summed E-state index contributed by atoms with van der Waals surface area (Å²) in [5.74, 6) is 1.77. The normalized spacial score (nSPS) is 13.5. The molecule has 2 aromatic carbocycles. The monoisotopic (exact) mass is 608 g/mol. The standard InChI is InChI=1S/C39H56N6/c1-24(2)34-15-13-16-35(25(3)4)38(34)42-30(11)19-28(9)40-22-32-21-33(45-44-32)23-41-29(10)20-31(12)43-39-36(26(5)6)17-14-18-37(39)27(7)8/h13-21,24-27,42-43H,22-23H2,1-12H3,(H,44,45)/b30-19-,31-20?,40-28?,41-29?. The average Bonchev–Trinajstić information content (AvgIpc) is 3.42. The zero-order chi connectivity index (χ0) is 33.3. The molecule has 0 aliphatic carbocycles. The summed E-state index contributed by atoms with van der Waals surface area (Å²) in [6.45, 7) is 27.3. The minimum Gasteiger partial charge on any atom is -0.359 e. The Morgan fingerprint density at radius 3 is 1.40 bits per heavy atom. The molecule has 0 aliphatic rings. The number of aromatic nitrogens is 2. The van der Waals surface area contributed by atoms with Gasteiger partial charge in [0, 0.05) is 34.2 Å². The average molecular weight is 609 g/mol. The molecule has 242 valence electrons. The number of nitrogens with one attached hydrogen (secondary N) is 3. The number of benzene rings is 2. The van der Waals surface area contributed by atoms with Crippen LogP contribution in [0.4, 0.5) is 11.4 Å². The Hall–Kier alpha value is -3.93. The van der Waals surface area contributed by atoms with Gasteiger partial charge in [-0.3, -0.25) is 15.1 Å². The minimum atomic E-state index is 0.442. The summed E-state index contributed by atoms with van der Waals surface area (Å²) in [7, 11) is 0. The van der Waals surface area contributed by atoms with Crippen LogP contribution in [-0.4, -0.2) is 21.6 Å². The van der Waals surface area contributed by atoms with Crippen LogP contribution in [0.3, 0.4) is 0 Å². The highest BCUT2D eigenvalue weighted by Crippen LogP contribution is 2.34. The number of anilines is 2. The van der Waals surface area contributed by atoms with Gasteiger partial charge in [0.15, 0.2) is 0 Å². The number of H-pyrrole nitrogens is 1. The molecular formula is C39H56N6. The molecule has 0 fully saturated rings. The molecule has 0 aliphatic heterocycles. The summed E-state index contributed by atoms with van der Waals surface area (Å²) >= 11 is 0. The molecule has 1 aromatic heterocycles. The molecule has 0 spiro atoms. The molecule has 3 rings (SSSR count). The van der Waals surface area contributed by atoms with Crippen LogP contribution in [0.2, 0.25) is 0 Å². The fourth-order valence-corrected chi connectivity index (χ4v) is 5.56. The molecule has 6 heteroatoms. The van der Waals surface area contributed by atoms with Crippen LogP contribution in [0.25, 0.3) is 0 Å². The molecule has 1 heterocycles. The van der Waals surface area contributed by atoms with Gasteiger partial charge >= 0.3 is 0 Å². The summed E-state index contributed by atoms with van der Waals surface area (Å²) < 4.78 is 0. The van der Waals surface area contributed by atoms with Crippen LogP contribution in [-0.2, 0) is 13.1 Å². The fraction of sp³-hybridized carbons (Fsp3) is 0.462. The summed E-state index contributed by atoms with van der Waals surface area (Å²) in [5.41, 5.74) is 13.7. The SMILES string of the molecule is CC(=CC(C)=NCc1cc(CN=C(C)/C=C(/C)Nc2c(C(C)C)cccc2C(C)C)n[nH]1)Nc1c(C(C)C)cccc1C(C)C. The van der Waals surface area contributed by atoms with E-state index >= 15 is 0 Å². The number of hydrogen-bond donors (Lipinski definition) is 3. The quantitative estimate of drug-likeness (QED) is 0.159. The van der Waals surface area contributed by atoms with Crippen LogP contribution < -0.4 is 10.6 Å². The van der Waals surface area contributed by atoms with E-state index in [0.717, 1.165) is 34.2 Å². The Morgan fingerprint density at radius 1 is 0.644 bits per heavy atom. The smallest absolute Gasteiger partial charge is 0.0840 e. The lowest BCUT2D eigenvalue weighted by Crippen LogP contribution is -2.07. The van der Waals surface area contributed by atoms with Crippen molar-refractivity contribution in [3.63, 3.8) is 0 Å². The third kappa shape index (κ3) is 10.3. The molecule has 0 atom stereocenters. The lowest BCUT2D eigenvalue weighted by molar-refractivity contribution is 0.837. The zero-order valence-corrected chi connectivity index (χ0v) is 29.8. The van der Waals surface area contributed by atoms with Gasteiger partial charge < -0.3 is 10.6 Å². The Morgan fingerprint density at radius 2 is 1.02 bits per heavy atom. The molecule has 45 heavy (non-hydrogen) atoms. The molecule has 0 saturated heterocycles. The number of hydrogen-bond acceptors (Lipinski definition) is 5. The molecular weight excluding hydrogens is 552 g/mol. The Balaban J connectivity index is 1.64. The van der Waals surface area contributed by atoms with Crippen molar-refractivity contribution in [2.24, 2.45) is 9.98 Å². The molecule has 0 radical (unpaired) electrons.